The van der Waals surface area contributed by atoms with Gasteiger partial charge in [0.05, 0.1) is 0 Å². The molecule has 0 heterocycles. The number of hydrogen-bond acceptors (Lipinski definition) is 2. The molecule has 4 heteroatoms. The van der Waals surface area contributed by atoms with Gasteiger partial charge in [0.1, 0.15) is 0 Å². The summed E-state index contributed by atoms with van der Waals surface area (Å²) < 4.78 is 0. The molecule has 0 amide bonds. The van der Waals surface area contributed by atoms with Crippen molar-refractivity contribution in [2.45, 2.75) is 6.42 Å². The molecular formula is C3H12ClNOS. The van der Waals surface area contributed by atoms with Crippen LogP contribution in [0, 0.1) is 0 Å². The van der Waals surface area contributed by atoms with E-state index in [4.69, 9.17) is 5.73 Å². The van der Waals surface area contributed by atoms with Crippen LogP contribution in [0.15, 0.2) is 0 Å². The predicted octanol–water partition coefficient (Wildman–Crippen LogP) is -0.138. The summed E-state index contributed by atoms with van der Waals surface area (Å²) in [5, 5.41) is 0. The van der Waals surface area contributed by atoms with Gasteiger partial charge < -0.3 is 11.2 Å². The molecule has 0 rings (SSSR count). The molecule has 0 saturated carbocycles. The Morgan fingerprint density at radius 2 is 1.86 bits per heavy atom. The van der Waals surface area contributed by atoms with E-state index in [0.29, 0.717) is 0 Å². The lowest BCUT2D eigenvalue weighted by Gasteiger charge is -1.79. The van der Waals surface area contributed by atoms with Gasteiger partial charge in [0.15, 0.2) is 0 Å². The Labute approximate surface area is 55.6 Å². The number of rotatable bonds is 2. The van der Waals surface area contributed by atoms with Crippen LogP contribution < -0.4 is 5.73 Å². The predicted molar refractivity (Wildman–Crippen MR) is 38.4 cm³/mol. The zero-order chi connectivity index (χ0) is 4.12. The first kappa shape index (κ1) is 15.6. The van der Waals surface area contributed by atoms with E-state index < -0.39 is 0 Å². The molecule has 0 aromatic rings. The lowest BCUT2D eigenvalue weighted by Crippen LogP contribution is -1.97. The molecule has 0 spiro atoms. The van der Waals surface area contributed by atoms with E-state index in [-0.39, 0.29) is 17.9 Å². The minimum atomic E-state index is 0. The van der Waals surface area contributed by atoms with Gasteiger partial charge in [-0.05, 0) is 18.7 Å². The van der Waals surface area contributed by atoms with E-state index in [1.54, 1.807) is 0 Å². The van der Waals surface area contributed by atoms with Gasteiger partial charge in [0.2, 0.25) is 0 Å². The lowest BCUT2D eigenvalue weighted by atomic mass is 10.5. The Bertz CT molecular complexity index is 22.4. The van der Waals surface area contributed by atoms with Gasteiger partial charge in [-0.15, -0.1) is 12.4 Å². The van der Waals surface area contributed by atoms with E-state index in [9.17, 15) is 0 Å². The molecule has 2 nitrogen and oxygen atoms in total. The molecule has 0 radical (unpaired) electrons. The molecule has 0 aliphatic heterocycles. The van der Waals surface area contributed by atoms with Crippen molar-refractivity contribution in [1.29, 1.82) is 0 Å². The van der Waals surface area contributed by atoms with Gasteiger partial charge in [-0.3, -0.25) is 0 Å². The number of hydrogen-bond donors (Lipinski definition) is 2. The maximum atomic E-state index is 5.09. The summed E-state index contributed by atoms with van der Waals surface area (Å²) in [6.07, 6.45) is 1.03. The summed E-state index contributed by atoms with van der Waals surface area (Å²) in [7, 11) is 0. The molecule has 0 saturated heterocycles. The topological polar surface area (TPSA) is 57.5 Å². The Hall–Kier alpha value is 0.560. The summed E-state index contributed by atoms with van der Waals surface area (Å²) in [6, 6.07) is 0. The average molecular weight is 146 g/mol. The zero-order valence-electron chi connectivity index (χ0n) is 4.05. The van der Waals surface area contributed by atoms with Gasteiger partial charge >= 0.3 is 0 Å². The first-order valence-corrected chi connectivity index (χ1v) is 2.36. The molecule has 0 aromatic heterocycles. The fourth-order valence-corrected chi connectivity index (χ4v) is 0.274. The Morgan fingerprint density at radius 1 is 1.43 bits per heavy atom. The van der Waals surface area contributed by atoms with Crippen LogP contribution in [0.4, 0.5) is 0 Å². The van der Waals surface area contributed by atoms with Gasteiger partial charge in [-0.25, -0.2) is 0 Å². The highest BCUT2D eigenvalue weighted by Crippen LogP contribution is 1.74. The Balaban J connectivity index is -0.0000000800. The Kier molecular flexibility index (Phi) is 35.8. The molecule has 0 aliphatic rings. The molecule has 0 fully saturated rings. The zero-order valence-corrected chi connectivity index (χ0v) is 5.77. The fourth-order valence-electron chi connectivity index (χ4n) is 0.0913. The minimum absolute atomic E-state index is 0. The molecule has 0 aromatic carbocycles. The molecule has 0 atom stereocenters. The van der Waals surface area contributed by atoms with E-state index in [0.717, 1.165) is 18.7 Å². The van der Waals surface area contributed by atoms with Crippen LogP contribution >= 0.6 is 25.0 Å². The first-order chi connectivity index (χ1) is 2.41. The molecule has 0 bridgehead atoms. The maximum Gasteiger partial charge on any atom is -0.00695 e. The highest BCUT2D eigenvalue weighted by molar-refractivity contribution is 7.80. The van der Waals surface area contributed by atoms with Crippen LogP contribution in [-0.4, -0.2) is 17.8 Å². The van der Waals surface area contributed by atoms with Crippen molar-refractivity contribution in [3.8, 4) is 0 Å². The van der Waals surface area contributed by atoms with Crippen molar-refractivity contribution in [2.24, 2.45) is 5.73 Å². The van der Waals surface area contributed by atoms with Crippen molar-refractivity contribution in [3.05, 3.63) is 0 Å². The molecular weight excluding hydrogens is 134 g/mol. The minimum Gasteiger partial charge on any atom is -0.412 e. The van der Waals surface area contributed by atoms with Crippen LogP contribution in [0.5, 0.6) is 0 Å². The summed E-state index contributed by atoms with van der Waals surface area (Å²) in [4.78, 5) is 0. The third-order valence-electron chi connectivity index (χ3n) is 0.362. The monoisotopic (exact) mass is 145 g/mol. The van der Waals surface area contributed by atoms with E-state index >= 15 is 0 Å². The molecule has 7 heavy (non-hydrogen) atoms. The third-order valence-corrected chi connectivity index (χ3v) is 0.678. The first-order valence-electron chi connectivity index (χ1n) is 1.72. The second-order valence-electron chi connectivity index (χ2n) is 0.866. The molecule has 0 aliphatic carbocycles. The van der Waals surface area contributed by atoms with E-state index in [1.807, 2.05) is 0 Å². The molecule has 0 unspecified atom stereocenters. The summed E-state index contributed by atoms with van der Waals surface area (Å²) in [5.41, 5.74) is 5.09. The van der Waals surface area contributed by atoms with Crippen molar-refractivity contribution in [1.82, 2.24) is 0 Å². The van der Waals surface area contributed by atoms with Crippen molar-refractivity contribution < 1.29 is 5.48 Å². The molecule has 4 N–H and O–H groups in total. The fraction of sp³-hybridized carbons (Fsp3) is 1.00. The Morgan fingerprint density at radius 3 is 1.86 bits per heavy atom. The SMILES string of the molecule is Cl.NCCCS.O. The summed E-state index contributed by atoms with van der Waals surface area (Å²) >= 11 is 3.92. The smallest absolute Gasteiger partial charge is 0.00695 e. The van der Waals surface area contributed by atoms with Gasteiger partial charge in [0.25, 0.3) is 0 Å². The van der Waals surface area contributed by atoms with Crippen LogP contribution in [0.1, 0.15) is 6.42 Å². The van der Waals surface area contributed by atoms with Crippen LogP contribution in [0.3, 0.4) is 0 Å². The standard InChI is InChI=1S/C3H9NS.ClH.H2O/c4-2-1-3-5;;/h5H,1-4H2;1H;1H2. The van der Waals surface area contributed by atoms with Crippen molar-refractivity contribution >= 4 is 25.0 Å². The highest BCUT2D eigenvalue weighted by Gasteiger charge is 1.68. The summed E-state index contributed by atoms with van der Waals surface area (Å²) in [6.45, 7) is 0.767. The second kappa shape index (κ2) is 16.0. The van der Waals surface area contributed by atoms with Crippen molar-refractivity contribution in [3.63, 3.8) is 0 Å². The highest BCUT2D eigenvalue weighted by atomic mass is 35.5. The van der Waals surface area contributed by atoms with Crippen molar-refractivity contribution in [2.75, 3.05) is 12.3 Å². The number of thiol groups is 1. The molecule has 48 valence electrons. The van der Waals surface area contributed by atoms with Gasteiger partial charge in [0, 0.05) is 0 Å². The van der Waals surface area contributed by atoms with E-state index in [1.165, 1.54) is 0 Å². The van der Waals surface area contributed by atoms with Gasteiger partial charge in [-0.2, -0.15) is 12.6 Å². The number of nitrogens with two attached hydrogens (primary N) is 1. The largest absolute Gasteiger partial charge is 0.412 e. The van der Waals surface area contributed by atoms with Gasteiger partial charge in [-0.1, -0.05) is 0 Å². The maximum absolute atomic E-state index is 5.09. The third kappa shape index (κ3) is 20.8. The number of halogens is 1. The summed E-state index contributed by atoms with van der Waals surface area (Å²) in [5.74, 6) is 0.913. The van der Waals surface area contributed by atoms with E-state index in [2.05, 4.69) is 12.6 Å². The van der Waals surface area contributed by atoms with Crippen LogP contribution in [-0.2, 0) is 0 Å². The van der Waals surface area contributed by atoms with Crippen LogP contribution in [0.2, 0.25) is 0 Å². The quantitative estimate of drug-likeness (QED) is 0.523. The normalized spacial score (nSPS) is 6.00. The average Bonchev–Trinajstić information content (AvgIpc) is 1.41. The lowest BCUT2D eigenvalue weighted by molar-refractivity contribution is 0.824. The second-order valence-corrected chi connectivity index (χ2v) is 1.31. The van der Waals surface area contributed by atoms with Crippen LogP contribution in [0.25, 0.3) is 0 Å².